The number of aliphatic hydroxyl groups excluding tert-OH is 3. The molecule has 17 heteroatoms. The van der Waals surface area contributed by atoms with Crippen LogP contribution in [0.4, 0.5) is 4.79 Å². The minimum Gasteiger partial charge on any atom is -0.447 e. The average Bonchev–Trinajstić information content (AvgIpc) is 3.55. The van der Waals surface area contributed by atoms with E-state index in [1.807, 2.05) is 0 Å². The maximum atomic E-state index is 13.5. The van der Waals surface area contributed by atoms with Gasteiger partial charge in [-0.3, -0.25) is 19.3 Å². The Morgan fingerprint density at radius 2 is 1.79 bits per heavy atom. The first-order valence-corrected chi connectivity index (χ1v) is 21.9. The molecule has 1 saturated heterocycles. The standard InChI is InChI=1S/C41H61N7O9S/c1-6-7-29(45-39(55)57-19-18-56-17-16-43-47-42)44-36(53)33-23(3)21-58-38-32(37(54)48(33)38)46-30(50)11-8-22(2)25-9-10-26-31-27(13-15-40(25,26)4)41(5)14-12-24(49)20-28(41)34(51)35(31)52/h1,22,24-29,31-32,34-35,38,49,51-52H,7-21H2,2-5H3,(H,44,53)(H,45,55)(H,46,50). The maximum absolute atomic E-state index is 13.5. The molecule has 4 saturated carbocycles. The summed E-state index contributed by atoms with van der Waals surface area (Å²) in [5, 5.41) is 44.5. The third-order valence-corrected chi connectivity index (χ3v) is 16.2. The zero-order valence-electron chi connectivity index (χ0n) is 34.1. The van der Waals surface area contributed by atoms with E-state index in [1.165, 1.54) is 16.7 Å². The SMILES string of the molecule is C#CCC(NC(=O)OCCOCCN=[N+]=[N-])NC(=O)C1=C(C)CSC2C(NC(=O)CCC(C)C3CCC4C5C(O)C(O)C6CC(O)CCC6(C)C5CCC34C)C(=O)N12. The lowest BCUT2D eigenvalue weighted by atomic mass is 9.43. The number of carbonyl (C=O) groups is 4. The van der Waals surface area contributed by atoms with Gasteiger partial charge in [0.1, 0.15) is 29.9 Å². The van der Waals surface area contributed by atoms with Crippen LogP contribution in [-0.2, 0) is 23.9 Å². The summed E-state index contributed by atoms with van der Waals surface area (Å²) >= 11 is 1.47. The molecule has 16 nitrogen and oxygen atoms in total. The first-order valence-electron chi connectivity index (χ1n) is 20.9. The van der Waals surface area contributed by atoms with Crippen molar-refractivity contribution in [1.82, 2.24) is 20.9 Å². The van der Waals surface area contributed by atoms with Gasteiger partial charge < -0.3 is 40.7 Å². The number of rotatable bonds is 15. The number of carbonyl (C=O) groups excluding carboxylic acids is 4. The number of ether oxygens (including phenoxy) is 2. The van der Waals surface area contributed by atoms with Gasteiger partial charge in [-0.05, 0) is 116 Å². The van der Waals surface area contributed by atoms with Crippen LogP contribution in [0.25, 0.3) is 10.4 Å². The molecule has 58 heavy (non-hydrogen) atoms. The maximum Gasteiger partial charge on any atom is 0.408 e. The molecule has 5 fully saturated rings. The summed E-state index contributed by atoms with van der Waals surface area (Å²) in [6.07, 6.45) is 8.70. The average molecular weight is 828 g/mol. The molecule has 14 unspecified atom stereocenters. The highest BCUT2D eigenvalue weighted by Gasteiger charge is 2.65. The van der Waals surface area contributed by atoms with E-state index < -0.39 is 47.9 Å². The Kier molecular flexibility index (Phi) is 14.0. The highest BCUT2D eigenvalue weighted by atomic mass is 32.2. The molecule has 0 aromatic rings. The first kappa shape index (κ1) is 44.0. The Morgan fingerprint density at radius 3 is 2.53 bits per heavy atom. The number of β-lactam (4-membered cyclic amide) rings is 1. The number of nitrogens with one attached hydrogen (secondary N) is 3. The quantitative estimate of drug-likeness (QED) is 0.0267. The zero-order valence-corrected chi connectivity index (χ0v) is 34.9. The minimum absolute atomic E-state index is 0.0148. The van der Waals surface area contributed by atoms with Crippen LogP contribution in [-0.4, -0.2) is 112 Å². The van der Waals surface area contributed by atoms with Gasteiger partial charge in [0, 0.05) is 30.1 Å². The molecule has 4 aliphatic carbocycles. The fourth-order valence-electron chi connectivity index (χ4n) is 11.9. The number of amides is 4. The highest BCUT2D eigenvalue weighted by Crippen LogP contribution is 2.68. The summed E-state index contributed by atoms with van der Waals surface area (Å²) in [5.41, 5.74) is 9.02. The van der Waals surface area contributed by atoms with Crippen molar-refractivity contribution < 1.29 is 44.0 Å². The van der Waals surface area contributed by atoms with E-state index in [4.69, 9.17) is 21.4 Å². The van der Waals surface area contributed by atoms with Crippen LogP contribution >= 0.6 is 11.8 Å². The molecule has 2 aliphatic heterocycles. The number of azide groups is 1. The number of alkyl carbamates (subject to hydrolysis) is 1. The van der Waals surface area contributed by atoms with Crippen LogP contribution in [0.1, 0.15) is 91.9 Å². The molecule has 0 radical (unpaired) electrons. The molecule has 0 spiro atoms. The second-order valence-corrected chi connectivity index (χ2v) is 19.0. The molecular formula is C41H61N7O9S. The number of nitrogens with zero attached hydrogens (tertiary/aromatic N) is 4. The Balaban J connectivity index is 0.989. The lowest BCUT2D eigenvalue weighted by Crippen LogP contribution is -2.71. The van der Waals surface area contributed by atoms with Crippen LogP contribution < -0.4 is 16.0 Å². The van der Waals surface area contributed by atoms with Crippen LogP contribution in [0.2, 0.25) is 0 Å². The van der Waals surface area contributed by atoms with Crippen LogP contribution in [0.5, 0.6) is 0 Å². The van der Waals surface area contributed by atoms with E-state index in [2.05, 4.69) is 52.7 Å². The van der Waals surface area contributed by atoms with Gasteiger partial charge in [-0.2, -0.15) is 0 Å². The van der Waals surface area contributed by atoms with Crippen LogP contribution in [0.3, 0.4) is 0 Å². The predicted octanol–water partition coefficient (Wildman–Crippen LogP) is 3.56. The summed E-state index contributed by atoms with van der Waals surface area (Å²) < 4.78 is 10.3. The second-order valence-electron chi connectivity index (χ2n) is 17.9. The van der Waals surface area contributed by atoms with E-state index in [1.54, 1.807) is 6.92 Å². The molecule has 2 heterocycles. The second kappa shape index (κ2) is 18.4. The van der Waals surface area contributed by atoms with E-state index in [0.717, 1.165) is 38.5 Å². The fourth-order valence-corrected chi connectivity index (χ4v) is 13.2. The number of thioether (sulfide) groups is 1. The largest absolute Gasteiger partial charge is 0.447 e. The smallest absolute Gasteiger partial charge is 0.408 e. The molecule has 0 bridgehead atoms. The Morgan fingerprint density at radius 1 is 1.05 bits per heavy atom. The van der Waals surface area contributed by atoms with Gasteiger partial charge in [-0.25, -0.2) is 4.79 Å². The van der Waals surface area contributed by atoms with Gasteiger partial charge in [0.2, 0.25) is 5.91 Å². The van der Waals surface area contributed by atoms with Crippen molar-refractivity contribution in [3.05, 3.63) is 21.7 Å². The van der Waals surface area contributed by atoms with Crippen molar-refractivity contribution in [3.63, 3.8) is 0 Å². The van der Waals surface area contributed by atoms with Gasteiger partial charge in [0.15, 0.2) is 0 Å². The molecule has 14 atom stereocenters. The molecule has 0 aromatic heterocycles. The highest BCUT2D eigenvalue weighted by molar-refractivity contribution is 8.00. The third-order valence-electron chi connectivity index (χ3n) is 14.8. The number of fused-ring (bicyclic) bond motifs is 6. The molecule has 6 rings (SSSR count). The van der Waals surface area contributed by atoms with Gasteiger partial charge in [0.05, 0.1) is 31.5 Å². The van der Waals surface area contributed by atoms with E-state index >= 15 is 0 Å². The van der Waals surface area contributed by atoms with Crippen molar-refractivity contribution in [3.8, 4) is 12.3 Å². The molecule has 6 aliphatic rings. The molecule has 0 aromatic carbocycles. The molecular weight excluding hydrogens is 767 g/mol. The monoisotopic (exact) mass is 827 g/mol. The Bertz CT molecular complexity index is 1700. The van der Waals surface area contributed by atoms with E-state index in [9.17, 15) is 34.5 Å². The Hall–Kier alpha value is -3.52. The lowest BCUT2D eigenvalue weighted by Gasteiger charge is -2.63. The van der Waals surface area contributed by atoms with Gasteiger partial charge in [-0.1, -0.05) is 25.9 Å². The van der Waals surface area contributed by atoms with Crippen molar-refractivity contribution in [2.24, 2.45) is 51.5 Å². The lowest BCUT2D eigenvalue weighted by molar-refractivity contribution is -0.223. The van der Waals surface area contributed by atoms with E-state index in [-0.39, 0.29) is 91.2 Å². The normalized spacial score (nSPS) is 37.3. The molecule has 320 valence electrons. The van der Waals surface area contributed by atoms with Crippen molar-refractivity contribution in [2.75, 3.05) is 32.1 Å². The summed E-state index contributed by atoms with van der Waals surface area (Å²) in [7, 11) is 0. The Labute approximate surface area is 345 Å². The third kappa shape index (κ3) is 8.56. The van der Waals surface area contributed by atoms with Crippen LogP contribution in [0, 0.1) is 58.7 Å². The number of hydrogen-bond donors (Lipinski definition) is 6. The zero-order chi connectivity index (χ0) is 41.9. The van der Waals surface area contributed by atoms with E-state index in [0.29, 0.717) is 36.0 Å². The summed E-state index contributed by atoms with van der Waals surface area (Å²) in [6, 6.07) is -0.777. The van der Waals surface area contributed by atoms with Crippen LogP contribution in [0.15, 0.2) is 16.4 Å². The number of hydrogen-bond acceptors (Lipinski definition) is 11. The first-order chi connectivity index (χ1) is 27.7. The molecule has 6 N–H and O–H groups in total. The predicted molar refractivity (Wildman–Crippen MR) is 215 cm³/mol. The fraction of sp³-hybridized carbons (Fsp3) is 0.805. The summed E-state index contributed by atoms with van der Waals surface area (Å²) in [6.45, 7) is 8.93. The minimum atomic E-state index is -0.979. The topological polar surface area (TPSA) is 236 Å². The van der Waals surface area contributed by atoms with Crippen molar-refractivity contribution >= 4 is 35.6 Å². The van der Waals surface area contributed by atoms with Crippen molar-refractivity contribution in [2.45, 2.75) is 128 Å². The number of aliphatic hydroxyl groups is 3. The van der Waals surface area contributed by atoms with Gasteiger partial charge in [-0.15, -0.1) is 24.1 Å². The summed E-state index contributed by atoms with van der Waals surface area (Å²) in [5.74, 6) is 2.82. The summed E-state index contributed by atoms with van der Waals surface area (Å²) in [4.78, 5) is 56.9. The van der Waals surface area contributed by atoms with Crippen molar-refractivity contribution in [1.29, 1.82) is 0 Å². The molecule has 4 amide bonds. The number of terminal acetylenes is 1. The van der Waals surface area contributed by atoms with Gasteiger partial charge in [0.25, 0.3) is 11.8 Å². The van der Waals surface area contributed by atoms with Gasteiger partial charge >= 0.3 is 6.09 Å².